The fraction of sp³-hybridized carbons (Fsp3) is 1.00. The molecular formula is C7H17ClO2Si. The molecule has 0 aliphatic carbocycles. The van der Waals surface area contributed by atoms with E-state index in [0.29, 0.717) is 5.92 Å². The maximum Gasteiger partial charge on any atom is 0.320 e. The summed E-state index contributed by atoms with van der Waals surface area (Å²) in [6.07, 6.45) is 1.11. The highest BCUT2D eigenvalue weighted by atomic mass is 35.5. The summed E-state index contributed by atoms with van der Waals surface area (Å²) in [5.74, 6) is 1.31. The van der Waals surface area contributed by atoms with Gasteiger partial charge in [0.1, 0.15) is 0 Å². The van der Waals surface area contributed by atoms with Crippen molar-refractivity contribution >= 4 is 20.9 Å². The van der Waals surface area contributed by atoms with Gasteiger partial charge in [0.05, 0.1) is 0 Å². The minimum atomic E-state index is -1.32. The monoisotopic (exact) mass is 196 g/mol. The molecule has 0 aromatic rings. The van der Waals surface area contributed by atoms with Crippen molar-refractivity contribution in [2.45, 2.75) is 19.4 Å². The van der Waals surface area contributed by atoms with E-state index < -0.39 is 9.28 Å². The van der Waals surface area contributed by atoms with Crippen molar-refractivity contribution in [2.24, 2.45) is 5.92 Å². The van der Waals surface area contributed by atoms with Crippen LogP contribution in [0, 0.1) is 5.92 Å². The zero-order chi connectivity index (χ0) is 8.69. The summed E-state index contributed by atoms with van der Waals surface area (Å²) >= 11 is 5.66. The van der Waals surface area contributed by atoms with Gasteiger partial charge in [0.15, 0.2) is 0 Å². The summed E-state index contributed by atoms with van der Waals surface area (Å²) in [7, 11) is 2.11. The highest BCUT2D eigenvalue weighted by Crippen LogP contribution is 2.10. The van der Waals surface area contributed by atoms with E-state index >= 15 is 0 Å². The number of rotatable bonds is 6. The van der Waals surface area contributed by atoms with Gasteiger partial charge in [0, 0.05) is 20.1 Å². The molecule has 2 nitrogen and oxygen atoms in total. The van der Waals surface area contributed by atoms with Gasteiger partial charge in [-0.05, 0) is 18.4 Å². The van der Waals surface area contributed by atoms with E-state index in [1.807, 2.05) is 0 Å². The normalized spacial score (nSPS) is 13.9. The van der Waals surface area contributed by atoms with Crippen molar-refractivity contribution in [3.05, 3.63) is 0 Å². The van der Waals surface area contributed by atoms with Crippen molar-refractivity contribution in [3.63, 3.8) is 0 Å². The second kappa shape index (κ2) is 7.10. The lowest BCUT2D eigenvalue weighted by Crippen LogP contribution is -2.19. The first-order valence-electron chi connectivity index (χ1n) is 3.86. The summed E-state index contributed by atoms with van der Waals surface area (Å²) in [4.78, 5) is 0. The molecular weight excluding hydrogens is 180 g/mol. The summed E-state index contributed by atoms with van der Waals surface area (Å²) in [6, 6.07) is 1.06. The SMILES string of the molecule is CO[SiH](CCC(C)CCl)OC. The molecule has 0 aromatic carbocycles. The molecule has 0 saturated carbocycles. The van der Waals surface area contributed by atoms with Crippen LogP contribution in [0.5, 0.6) is 0 Å². The Morgan fingerprint density at radius 2 is 1.91 bits per heavy atom. The van der Waals surface area contributed by atoms with Crippen LogP contribution in [0.15, 0.2) is 0 Å². The van der Waals surface area contributed by atoms with Gasteiger partial charge in [-0.15, -0.1) is 11.6 Å². The molecule has 0 fully saturated rings. The molecule has 68 valence electrons. The van der Waals surface area contributed by atoms with Crippen LogP contribution in [-0.2, 0) is 8.85 Å². The molecule has 0 N–H and O–H groups in total. The summed E-state index contributed by atoms with van der Waals surface area (Å²) in [6.45, 7) is 2.14. The molecule has 0 aromatic heterocycles. The Labute approximate surface area is 75.7 Å². The van der Waals surface area contributed by atoms with Crippen LogP contribution in [0.25, 0.3) is 0 Å². The maximum atomic E-state index is 5.66. The molecule has 0 aliphatic rings. The summed E-state index contributed by atoms with van der Waals surface area (Å²) in [5.41, 5.74) is 0. The molecule has 0 radical (unpaired) electrons. The highest BCUT2D eigenvalue weighted by molar-refractivity contribution is 6.44. The van der Waals surface area contributed by atoms with E-state index in [0.717, 1.165) is 18.3 Å². The van der Waals surface area contributed by atoms with Crippen molar-refractivity contribution < 1.29 is 8.85 Å². The van der Waals surface area contributed by atoms with Gasteiger partial charge in [-0.25, -0.2) is 0 Å². The lowest BCUT2D eigenvalue weighted by Gasteiger charge is -2.12. The third-order valence-electron chi connectivity index (χ3n) is 1.68. The largest absolute Gasteiger partial charge is 0.400 e. The zero-order valence-corrected chi connectivity index (χ0v) is 9.38. The van der Waals surface area contributed by atoms with Gasteiger partial charge in [-0.2, -0.15) is 0 Å². The fourth-order valence-corrected chi connectivity index (χ4v) is 2.49. The van der Waals surface area contributed by atoms with Crippen LogP contribution < -0.4 is 0 Å². The third-order valence-corrected chi connectivity index (χ3v) is 4.07. The van der Waals surface area contributed by atoms with Gasteiger partial charge in [-0.1, -0.05) is 6.92 Å². The van der Waals surface area contributed by atoms with Gasteiger partial charge >= 0.3 is 9.28 Å². The average Bonchev–Trinajstić information content (AvgIpc) is 2.06. The quantitative estimate of drug-likeness (QED) is 0.476. The maximum absolute atomic E-state index is 5.66. The molecule has 0 spiro atoms. The Kier molecular flexibility index (Phi) is 7.37. The first-order chi connectivity index (χ1) is 5.24. The summed E-state index contributed by atoms with van der Waals surface area (Å²) < 4.78 is 10.3. The fourth-order valence-electron chi connectivity index (χ4n) is 0.830. The second-order valence-electron chi connectivity index (χ2n) is 2.74. The predicted molar refractivity (Wildman–Crippen MR) is 50.5 cm³/mol. The molecule has 0 aliphatic heterocycles. The Morgan fingerprint density at radius 3 is 2.27 bits per heavy atom. The van der Waals surface area contributed by atoms with Crippen LogP contribution in [0.1, 0.15) is 13.3 Å². The standard InChI is InChI=1S/C7H17ClO2Si/c1-7(6-8)4-5-11(9-2)10-3/h7,11H,4-6H2,1-3H3. The Hall–Kier alpha value is 0.427. The smallest absolute Gasteiger partial charge is 0.320 e. The van der Waals surface area contributed by atoms with Crippen LogP contribution in [0.4, 0.5) is 0 Å². The number of hydrogen-bond donors (Lipinski definition) is 0. The van der Waals surface area contributed by atoms with Crippen LogP contribution >= 0.6 is 11.6 Å². The van der Waals surface area contributed by atoms with Gasteiger partial charge < -0.3 is 8.85 Å². The Balaban J connectivity index is 3.34. The number of hydrogen-bond acceptors (Lipinski definition) is 2. The van der Waals surface area contributed by atoms with Gasteiger partial charge in [0.2, 0.25) is 0 Å². The van der Waals surface area contributed by atoms with Gasteiger partial charge in [0.25, 0.3) is 0 Å². The van der Waals surface area contributed by atoms with E-state index in [9.17, 15) is 0 Å². The highest BCUT2D eigenvalue weighted by Gasteiger charge is 2.10. The topological polar surface area (TPSA) is 18.5 Å². The van der Waals surface area contributed by atoms with E-state index in [2.05, 4.69) is 6.92 Å². The minimum absolute atomic E-state index is 0.581. The van der Waals surface area contributed by atoms with Crippen molar-refractivity contribution in [1.82, 2.24) is 0 Å². The molecule has 1 unspecified atom stereocenters. The predicted octanol–water partition coefficient (Wildman–Crippen LogP) is 1.76. The third kappa shape index (κ3) is 5.67. The lowest BCUT2D eigenvalue weighted by atomic mass is 10.2. The number of halogens is 1. The van der Waals surface area contributed by atoms with Crippen molar-refractivity contribution in [2.75, 3.05) is 20.1 Å². The second-order valence-corrected chi connectivity index (χ2v) is 5.43. The van der Waals surface area contributed by atoms with Crippen molar-refractivity contribution in [1.29, 1.82) is 0 Å². The minimum Gasteiger partial charge on any atom is -0.400 e. The van der Waals surface area contributed by atoms with Crippen LogP contribution in [0.2, 0.25) is 6.04 Å². The summed E-state index contributed by atoms with van der Waals surface area (Å²) in [5, 5.41) is 0. The van der Waals surface area contributed by atoms with Crippen LogP contribution in [0.3, 0.4) is 0 Å². The molecule has 0 amide bonds. The molecule has 0 heterocycles. The van der Waals surface area contributed by atoms with E-state index in [1.165, 1.54) is 0 Å². The Bertz CT molecular complexity index is 88.5. The molecule has 11 heavy (non-hydrogen) atoms. The average molecular weight is 197 g/mol. The van der Waals surface area contributed by atoms with E-state index in [4.69, 9.17) is 20.5 Å². The Morgan fingerprint density at radius 1 is 1.36 bits per heavy atom. The van der Waals surface area contributed by atoms with Gasteiger partial charge in [-0.3, -0.25) is 0 Å². The molecule has 0 rings (SSSR count). The van der Waals surface area contributed by atoms with Crippen LogP contribution in [-0.4, -0.2) is 29.4 Å². The van der Waals surface area contributed by atoms with E-state index in [1.54, 1.807) is 14.2 Å². The molecule has 0 saturated heterocycles. The molecule has 0 bridgehead atoms. The molecule has 4 heteroatoms. The molecule has 1 atom stereocenters. The van der Waals surface area contributed by atoms with Crippen molar-refractivity contribution in [3.8, 4) is 0 Å². The zero-order valence-electron chi connectivity index (χ0n) is 7.47. The first kappa shape index (κ1) is 11.4. The first-order valence-corrected chi connectivity index (χ1v) is 6.15. The lowest BCUT2D eigenvalue weighted by molar-refractivity contribution is 0.274. The number of alkyl halides is 1. The van der Waals surface area contributed by atoms with E-state index in [-0.39, 0.29) is 0 Å².